The SMILES string of the molecule is CC1CC2=CC(=O)CCC2C2CC[C@@]3(C)C(C4CC4[C@@]34C=CCO4)C12. The lowest BCUT2D eigenvalue weighted by Crippen LogP contribution is -2.56. The molecule has 0 amide bonds. The Morgan fingerprint density at radius 3 is 2.92 bits per heavy atom. The molecular weight excluding hydrogens is 308 g/mol. The highest BCUT2D eigenvalue weighted by atomic mass is 16.5. The molecule has 0 bridgehead atoms. The smallest absolute Gasteiger partial charge is 0.155 e. The molecule has 1 heterocycles. The number of ketones is 1. The molecule has 2 heteroatoms. The fraction of sp³-hybridized carbons (Fsp3) is 0.783. The van der Waals surface area contributed by atoms with Crippen LogP contribution in [0, 0.1) is 46.8 Å². The quantitative estimate of drug-likeness (QED) is 0.606. The van der Waals surface area contributed by atoms with Crippen molar-refractivity contribution in [3.05, 3.63) is 23.8 Å². The first-order valence-corrected chi connectivity index (χ1v) is 10.6. The average Bonchev–Trinajstić information content (AvgIpc) is 3.15. The van der Waals surface area contributed by atoms with Gasteiger partial charge in [0.25, 0.3) is 0 Å². The molecule has 0 aromatic heterocycles. The Labute approximate surface area is 151 Å². The van der Waals surface area contributed by atoms with Crippen LogP contribution >= 0.6 is 0 Å². The fourth-order valence-electron chi connectivity index (χ4n) is 8.62. The Balaban J connectivity index is 1.41. The van der Waals surface area contributed by atoms with Crippen LogP contribution in [-0.4, -0.2) is 18.0 Å². The summed E-state index contributed by atoms with van der Waals surface area (Å²) in [6.45, 7) is 5.87. The van der Waals surface area contributed by atoms with Gasteiger partial charge in [-0.1, -0.05) is 31.6 Å². The van der Waals surface area contributed by atoms with Crippen molar-refractivity contribution in [3.8, 4) is 0 Å². The van der Waals surface area contributed by atoms with E-state index in [4.69, 9.17) is 4.74 Å². The maximum Gasteiger partial charge on any atom is 0.155 e. The van der Waals surface area contributed by atoms with Crippen molar-refractivity contribution in [2.75, 3.05) is 6.61 Å². The van der Waals surface area contributed by atoms with Crippen molar-refractivity contribution >= 4 is 5.78 Å². The molecule has 0 aromatic carbocycles. The van der Waals surface area contributed by atoms with E-state index < -0.39 is 0 Å². The van der Waals surface area contributed by atoms with Crippen LogP contribution in [0.3, 0.4) is 0 Å². The Kier molecular flexibility index (Phi) is 2.85. The summed E-state index contributed by atoms with van der Waals surface area (Å²) in [4.78, 5) is 11.9. The van der Waals surface area contributed by atoms with Crippen LogP contribution in [0.15, 0.2) is 23.8 Å². The highest BCUT2D eigenvalue weighted by Gasteiger charge is 2.76. The summed E-state index contributed by atoms with van der Waals surface area (Å²) < 4.78 is 6.50. The summed E-state index contributed by atoms with van der Waals surface area (Å²) in [5.41, 5.74) is 1.91. The monoisotopic (exact) mass is 338 g/mol. The van der Waals surface area contributed by atoms with Crippen LogP contribution in [0.5, 0.6) is 0 Å². The lowest BCUT2D eigenvalue weighted by molar-refractivity contribution is -0.140. The van der Waals surface area contributed by atoms with Crippen LogP contribution < -0.4 is 0 Å². The van der Waals surface area contributed by atoms with Gasteiger partial charge in [0, 0.05) is 11.8 Å². The number of carbonyl (C=O) groups is 1. The summed E-state index contributed by atoms with van der Waals surface area (Å²) in [7, 11) is 0. The minimum Gasteiger partial charge on any atom is -0.366 e. The zero-order valence-electron chi connectivity index (χ0n) is 15.5. The van der Waals surface area contributed by atoms with Crippen molar-refractivity contribution in [2.45, 2.75) is 58.0 Å². The number of hydrogen-bond acceptors (Lipinski definition) is 2. The first-order chi connectivity index (χ1) is 12.1. The Bertz CT molecular complexity index is 705. The molecular formula is C23H30O2. The molecule has 4 saturated carbocycles. The van der Waals surface area contributed by atoms with Crippen molar-refractivity contribution in [2.24, 2.45) is 46.8 Å². The molecule has 0 saturated heterocycles. The molecule has 6 aliphatic rings. The largest absolute Gasteiger partial charge is 0.366 e. The molecule has 2 nitrogen and oxygen atoms in total. The second-order valence-corrected chi connectivity index (χ2v) is 10.2. The second-order valence-electron chi connectivity index (χ2n) is 10.2. The Morgan fingerprint density at radius 2 is 2.12 bits per heavy atom. The molecule has 0 N–H and O–H groups in total. The zero-order valence-corrected chi connectivity index (χ0v) is 15.5. The van der Waals surface area contributed by atoms with E-state index in [-0.39, 0.29) is 5.60 Å². The molecule has 134 valence electrons. The molecule has 4 fully saturated rings. The van der Waals surface area contributed by atoms with Gasteiger partial charge in [0.1, 0.15) is 0 Å². The minimum absolute atomic E-state index is 0.0612. The van der Waals surface area contributed by atoms with Crippen molar-refractivity contribution in [1.29, 1.82) is 0 Å². The molecule has 5 aliphatic carbocycles. The van der Waals surface area contributed by atoms with E-state index in [0.717, 1.165) is 55.0 Å². The summed E-state index contributed by atoms with van der Waals surface area (Å²) >= 11 is 0. The van der Waals surface area contributed by atoms with Gasteiger partial charge >= 0.3 is 0 Å². The van der Waals surface area contributed by atoms with E-state index in [1.54, 1.807) is 0 Å². The first kappa shape index (κ1) is 15.2. The molecule has 25 heavy (non-hydrogen) atoms. The van der Waals surface area contributed by atoms with Crippen LogP contribution in [0.4, 0.5) is 0 Å². The van der Waals surface area contributed by atoms with E-state index in [2.05, 4.69) is 26.0 Å². The van der Waals surface area contributed by atoms with E-state index in [1.807, 2.05) is 6.08 Å². The predicted molar refractivity (Wildman–Crippen MR) is 96.8 cm³/mol. The Hall–Kier alpha value is -0.890. The van der Waals surface area contributed by atoms with Gasteiger partial charge in [-0.2, -0.15) is 0 Å². The van der Waals surface area contributed by atoms with E-state index in [0.29, 0.717) is 17.1 Å². The van der Waals surface area contributed by atoms with Crippen LogP contribution in [0.2, 0.25) is 0 Å². The Morgan fingerprint density at radius 1 is 1.24 bits per heavy atom. The number of rotatable bonds is 0. The lowest BCUT2D eigenvalue weighted by atomic mass is 9.47. The molecule has 7 unspecified atom stereocenters. The second kappa shape index (κ2) is 4.68. The van der Waals surface area contributed by atoms with Crippen LogP contribution in [0.1, 0.15) is 52.4 Å². The van der Waals surface area contributed by atoms with Gasteiger partial charge < -0.3 is 4.74 Å². The molecule has 9 atom stereocenters. The number of allylic oxidation sites excluding steroid dienone is 1. The number of fused-ring (bicyclic) bond motifs is 9. The lowest BCUT2D eigenvalue weighted by Gasteiger charge is -2.59. The third kappa shape index (κ3) is 1.69. The van der Waals surface area contributed by atoms with E-state index >= 15 is 0 Å². The summed E-state index contributed by atoms with van der Waals surface area (Å²) in [5.74, 6) is 6.01. The van der Waals surface area contributed by atoms with Crippen molar-refractivity contribution in [3.63, 3.8) is 0 Å². The number of ether oxygens (including phenoxy) is 1. The van der Waals surface area contributed by atoms with Gasteiger partial charge in [-0.05, 0) is 79.6 Å². The maximum absolute atomic E-state index is 11.9. The van der Waals surface area contributed by atoms with Gasteiger partial charge in [0.05, 0.1) is 12.2 Å². The van der Waals surface area contributed by atoms with E-state index in [1.165, 1.54) is 31.3 Å². The third-order valence-electron chi connectivity index (χ3n) is 9.43. The standard InChI is InChI=1S/C23H30O2/c1-13-10-14-11-15(24)4-5-16(14)17-6-8-22(2)21(20(13)17)18-12-19(18)23(22)7-3-9-25-23/h3,7,11,13,16-21H,4-6,8-10,12H2,1-2H3/t13?,16?,17?,18?,19?,20?,21?,22-,23-/m0/s1. The molecule has 1 spiro atoms. The van der Waals surface area contributed by atoms with Gasteiger partial charge in [0.2, 0.25) is 0 Å². The number of carbonyl (C=O) groups excluding carboxylic acids is 1. The summed E-state index contributed by atoms with van der Waals surface area (Å²) in [6, 6.07) is 0. The predicted octanol–water partition coefficient (Wildman–Crippen LogP) is 4.56. The van der Waals surface area contributed by atoms with Crippen molar-refractivity contribution in [1.82, 2.24) is 0 Å². The van der Waals surface area contributed by atoms with Crippen molar-refractivity contribution < 1.29 is 9.53 Å². The summed E-state index contributed by atoms with van der Waals surface area (Å²) in [5, 5.41) is 0. The van der Waals surface area contributed by atoms with Crippen LogP contribution in [0.25, 0.3) is 0 Å². The zero-order chi connectivity index (χ0) is 17.0. The minimum atomic E-state index is 0.0612. The first-order valence-electron chi connectivity index (χ1n) is 10.6. The fourth-order valence-corrected chi connectivity index (χ4v) is 8.62. The molecule has 1 aliphatic heterocycles. The highest BCUT2D eigenvalue weighted by Crippen LogP contribution is 2.78. The normalized spacial score (nSPS) is 58.4. The highest BCUT2D eigenvalue weighted by molar-refractivity contribution is 5.91. The topological polar surface area (TPSA) is 26.3 Å². The average molecular weight is 338 g/mol. The molecule has 6 rings (SSSR count). The number of hydrogen-bond donors (Lipinski definition) is 0. The molecule has 0 radical (unpaired) electrons. The third-order valence-corrected chi connectivity index (χ3v) is 9.43. The van der Waals surface area contributed by atoms with Gasteiger partial charge in [-0.25, -0.2) is 0 Å². The summed E-state index contributed by atoms with van der Waals surface area (Å²) in [6.07, 6.45) is 13.9. The van der Waals surface area contributed by atoms with E-state index in [9.17, 15) is 4.79 Å². The van der Waals surface area contributed by atoms with Gasteiger partial charge in [-0.15, -0.1) is 0 Å². The van der Waals surface area contributed by atoms with Crippen LogP contribution in [-0.2, 0) is 9.53 Å². The maximum atomic E-state index is 11.9. The van der Waals surface area contributed by atoms with Gasteiger partial charge in [0.15, 0.2) is 5.78 Å². The molecule has 0 aromatic rings. The van der Waals surface area contributed by atoms with Gasteiger partial charge in [-0.3, -0.25) is 4.79 Å².